The number of nitrogens with one attached hydrogen (secondary N) is 1. The molecule has 0 spiro atoms. The Morgan fingerprint density at radius 2 is 2.00 bits per heavy atom. The van der Waals surface area contributed by atoms with Crippen molar-refractivity contribution < 1.29 is 13.2 Å². The van der Waals surface area contributed by atoms with E-state index in [0.29, 0.717) is 15.7 Å². The number of benzene rings is 1. The molecule has 0 saturated heterocycles. The molecule has 5 nitrogen and oxygen atoms in total. The number of rotatable bonds is 5. The summed E-state index contributed by atoms with van der Waals surface area (Å²) in [4.78, 5) is 11.7. The number of sulfonamides is 1. The average Bonchev–Trinajstić information content (AvgIpc) is 2.32. The van der Waals surface area contributed by atoms with Crippen LogP contribution in [0.25, 0.3) is 0 Å². The Balaban J connectivity index is 2.71. The van der Waals surface area contributed by atoms with E-state index >= 15 is 0 Å². The lowest BCUT2D eigenvalue weighted by Gasteiger charge is -2.15. The second-order valence-electron chi connectivity index (χ2n) is 3.83. The van der Waals surface area contributed by atoms with Crippen LogP contribution in [-0.4, -0.2) is 38.0 Å². The van der Waals surface area contributed by atoms with Crippen molar-refractivity contribution in [3.8, 4) is 0 Å². The summed E-state index contributed by atoms with van der Waals surface area (Å²) in [6.07, 6.45) is 0. The Morgan fingerprint density at radius 3 is 2.53 bits per heavy atom. The van der Waals surface area contributed by atoms with E-state index in [-0.39, 0.29) is 12.3 Å². The molecule has 0 radical (unpaired) electrons. The van der Waals surface area contributed by atoms with Gasteiger partial charge in [-0.2, -0.15) is 4.31 Å². The van der Waals surface area contributed by atoms with Gasteiger partial charge in [-0.1, -0.05) is 23.2 Å². The standard InChI is InChI=1S/C11H14Cl2N2O3S/c1-3-19(17,18)15(2)7-11(16)14-10-5-4-8(12)6-9(10)13/h4-6H,3,7H2,1-2H3,(H,14,16). The zero-order chi connectivity index (χ0) is 14.6. The summed E-state index contributed by atoms with van der Waals surface area (Å²) in [5, 5.41) is 3.27. The molecule has 19 heavy (non-hydrogen) atoms. The Kier molecular flexibility index (Phi) is 5.61. The minimum atomic E-state index is -3.38. The van der Waals surface area contributed by atoms with E-state index in [1.165, 1.54) is 20.0 Å². The minimum absolute atomic E-state index is 0.0571. The number of anilines is 1. The number of hydrogen-bond donors (Lipinski definition) is 1. The maximum absolute atomic E-state index is 11.7. The normalized spacial score (nSPS) is 11.6. The van der Waals surface area contributed by atoms with Crippen LogP contribution in [0.4, 0.5) is 5.69 Å². The second kappa shape index (κ2) is 6.56. The monoisotopic (exact) mass is 324 g/mol. The molecule has 0 saturated carbocycles. The van der Waals surface area contributed by atoms with Crippen LogP contribution in [0.1, 0.15) is 6.92 Å². The van der Waals surface area contributed by atoms with Gasteiger partial charge >= 0.3 is 0 Å². The Bertz CT molecular complexity index is 575. The highest BCUT2D eigenvalue weighted by Crippen LogP contribution is 2.25. The van der Waals surface area contributed by atoms with Crippen LogP contribution in [0.5, 0.6) is 0 Å². The molecule has 0 bridgehead atoms. The van der Waals surface area contributed by atoms with Gasteiger partial charge < -0.3 is 5.32 Å². The van der Waals surface area contributed by atoms with Crippen LogP contribution >= 0.6 is 23.2 Å². The predicted molar refractivity (Wildman–Crippen MR) is 77.2 cm³/mol. The fourth-order valence-corrected chi connectivity index (χ4v) is 2.51. The number of likely N-dealkylation sites (N-methyl/N-ethyl adjacent to an activating group) is 1. The molecular formula is C11H14Cl2N2O3S. The first-order valence-electron chi connectivity index (χ1n) is 5.45. The first-order chi connectivity index (χ1) is 8.76. The largest absolute Gasteiger partial charge is 0.324 e. The summed E-state index contributed by atoms with van der Waals surface area (Å²) in [6, 6.07) is 4.62. The molecule has 1 N–H and O–H groups in total. The molecule has 1 aromatic carbocycles. The van der Waals surface area contributed by atoms with E-state index in [2.05, 4.69) is 5.32 Å². The molecule has 0 aliphatic heterocycles. The summed E-state index contributed by atoms with van der Waals surface area (Å²) in [6.45, 7) is 1.24. The van der Waals surface area contributed by atoms with Gasteiger partial charge in [0, 0.05) is 12.1 Å². The molecule has 1 aromatic rings. The number of amides is 1. The van der Waals surface area contributed by atoms with Crippen LogP contribution in [0.2, 0.25) is 10.0 Å². The summed E-state index contributed by atoms with van der Waals surface area (Å²) in [7, 11) is -2.03. The van der Waals surface area contributed by atoms with E-state index in [9.17, 15) is 13.2 Å². The van der Waals surface area contributed by atoms with E-state index in [1.54, 1.807) is 12.1 Å². The van der Waals surface area contributed by atoms with E-state index in [0.717, 1.165) is 4.31 Å². The zero-order valence-corrected chi connectivity index (χ0v) is 12.8. The Hall–Kier alpha value is -0.820. The number of nitrogens with zero attached hydrogens (tertiary/aromatic N) is 1. The number of carbonyl (C=O) groups is 1. The quantitative estimate of drug-likeness (QED) is 0.903. The van der Waals surface area contributed by atoms with Gasteiger partial charge in [-0.25, -0.2) is 8.42 Å². The maximum atomic E-state index is 11.7. The van der Waals surface area contributed by atoms with Crippen LogP contribution in [0, 0.1) is 0 Å². The lowest BCUT2D eigenvalue weighted by Crippen LogP contribution is -2.35. The lowest BCUT2D eigenvalue weighted by molar-refractivity contribution is -0.116. The topological polar surface area (TPSA) is 66.5 Å². The Labute approximate surface area is 122 Å². The van der Waals surface area contributed by atoms with Gasteiger partial charge in [0.05, 0.1) is 23.0 Å². The van der Waals surface area contributed by atoms with Crippen molar-refractivity contribution in [1.82, 2.24) is 4.31 Å². The molecular weight excluding hydrogens is 311 g/mol. The highest BCUT2D eigenvalue weighted by Gasteiger charge is 2.18. The van der Waals surface area contributed by atoms with E-state index < -0.39 is 15.9 Å². The predicted octanol–water partition coefficient (Wildman–Crippen LogP) is 2.21. The Morgan fingerprint density at radius 1 is 1.37 bits per heavy atom. The molecule has 0 fully saturated rings. The van der Waals surface area contributed by atoms with Crippen molar-refractivity contribution in [3.63, 3.8) is 0 Å². The van der Waals surface area contributed by atoms with Crippen LogP contribution < -0.4 is 5.32 Å². The first kappa shape index (κ1) is 16.2. The summed E-state index contributed by atoms with van der Waals surface area (Å²) in [5.74, 6) is -0.526. The summed E-state index contributed by atoms with van der Waals surface area (Å²) >= 11 is 11.6. The number of halogens is 2. The van der Waals surface area contributed by atoms with Crippen molar-refractivity contribution in [2.24, 2.45) is 0 Å². The molecule has 0 heterocycles. The fourth-order valence-electron chi connectivity index (χ4n) is 1.30. The van der Waals surface area contributed by atoms with Crippen molar-refractivity contribution in [2.75, 3.05) is 24.7 Å². The van der Waals surface area contributed by atoms with Gasteiger partial charge in [0.15, 0.2) is 0 Å². The third-order valence-electron chi connectivity index (χ3n) is 2.41. The molecule has 8 heteroatoms. The van der Waals surface area contributed by atoms with Gasteiger partial charge in [0.25, 0.3) is 0 Å². The highest BCUT2D eigenvalue weighted by atomic mass is 35.5. The molecule has 0 aliphatic carbocycles. The van der Waals surface area contributed by atoms with Crippen molar-refractivity contribution >= 4 is 44.8 Å². The number of carbonyl (C=O) groups excluding carboxylic acids is 1. The van der Waals surface area contributed by atoms with Crippen LogP contribution in [-0.2, 0) is 14.8 Å². The molecule has 0 unspecified atom stereocenters. The molecule has 1 amide bonds. The zero-order valence-electron chi connectivity index (χ0n) is 10.5. The maximum Gasteiger partial charge on any atom is 0.239 e. The second-order valence-corrected chi connectivity index (χ2v) is 7.04. The van der Waals surface area contributed by atoms with Gasteiger partial charge in [0.1, 0.15) is 0 Å². The van der Waals surface area contributed by atoms with Crippen LogP contribution in [0.15, 0.2) is 18.2 Å². The van der Waals surface area contributed by atoms with Crippen LogP contribution in [0.3, 0.4) is 0 Å². The summed E-state index contributed by atoms with van der Waals surface area (Å²) < 4.78 is 24.0. The van der Waals surface area contributed by atoms with Gasteiger partial charge in [-0.05, 0) is 25.1 Å². The molecule has 0 aromatic heterocycles. The van der Waals surface area contributed by atoms with E-state index in [1.807, 2.05) is 0 Å². The van der Waals surface area contributed by atoms with Gasteiger partial charge in [0.2, 0.25) is 15.9 Å². The van der Waals surface area contributed by atoms with Gasteiger partial charge in [-0.15, -0.1) is 0 Å². The minimum Gasteiger partial charge on any atom is -0.324 e. The SMILES string of the molecule is CCS(=O)(=O)N(C)CC(=O)Nc1ccc(Cl)cc1Cl. The fraction of sp³-hybridized carbons (Fsp3) is 0.364. The molecule has 106 valence electrons. The third kappa shape index (κ3) is 4.65. The summed E-state index contributed by atoms with van der Waals surface area (Å²) in [5.41, 5.74) is 0.387. The highest BCUT2D eigenvalue weighted by molar-refractivity contribution is 7.89. The van der Waals surface area contributed by atoms with Gasteiger partial charge in [-0.3, -0.25) is 4.79 Å². The van der Waals surface area contributed by atoms with Crippen molar-refractivity contribution in [3.05, 3.63) is 28.2 Å². The lowest BCUT2D eigenvalue weighted by atomic mass is 10.3. The average molecular weight is 325 g/mol. The number of hydrogen-bond acceptors (Lipinski definition) is 3. The molecule has 0 aliphatic rings. The molecule has 0 atom stereocenters. The molecule has 1 rings (SSSR count). The van der Waals surface area contributed by atoms with Crippen molar-refractivity contribution in [1.29, 1.82) is 0 Å². The third-order valence-corrected chi connectivity index (χ3v) is 4.77. The first-order valence-corrected chi connectivity index (χ1v) is 7.81. The smallest absolute Gasteiger partial charge is 0.239 e. The van der Waals surface area contributed by atoms with Crippen molar-refractivity contribution in [2.45, 2.75) is 6.92 Å². The van der Waals surface area contributed by atoms with E-state index in [4.69, 9.17) is 23.2 Å².